The van der Waals surface area contributed by atoms with Gasteiger partial charge >= 0.3 is 12.1 Å². The summed E-state index contributed by atoms with van der Waals surface area (Å²) < 4.78 is 0. The topological polar surface area (TPSA) is 78.5 Å². The third-order valence-electron chi connectivity index (χ3n) is 4.16. The number of carbonyl (C=O) groups is 3. The predicted octanol–water partition coefficient (Wildman–Crippen LogP) is 3.45. The van der Waals surface area contributed by atoms with Crippen molar-refractivity contribution in [3.05, 3.63) is 35.9 Å². The second kappa shape index (κ2) is 9.70. The zero-order valence-electron chi connectivity index (χ0n) is 14.8. The molecule has 0 saturated carbocycles. The average molecular weight is 333 g/mol. The first-order valence-corrected chi connectivity index (χ1v) is 8.41. The normalized spacial score (nSPS) is 11.7. The van der Waals surface area contributed by atoms with Crippen LogP contribution in [0.4, 0.5) is 9.59 Å². The van der Waals surface area contributed by atoms with Crippen LogP contribution in [0.1, 0.15) is 52.1 Å². The molecule has 0 aliphatic carbocycles. The van der Waals surface area contributed by atoms with Gasteiger partial charge in [-0.1, -0.05) is 44.2 Å². The summed E-state index contributed by atoms with van der Waals surface area (Å²) in [7, 11) is 0. The maximum atomic E-state index is 12.3. The van der Waals surface area contributed by atoms with Gasteiger partial charge < -0.3 is 4.90 Å². The summed E-state index contributed by atoms with van der Waals surface area (Å²) >= 11 is 0. The highest BCUT2D eigenvalue weighted by molar-refractivity contribution is 6.02. The van der Waals surface area contributed by atoms with E-state index in [0.29, 0.717) is 19.4 Å². The van der Waals surface area contributed by atoms with Gasteiger partial charge in [-0.05, 0) is 32.3 Å². The number of benzene rings is 1. The molecule has 0 heterocycles. The minimum atomic E-state index is -0.782. The molecule has 1 aromatic rings. The summed E-state index contributed by atoms with van der Waals surface area (Å²) in [5, 5.41) is 4.47. The second-order valence-electron chi connectivity index (χ2n) is 5.63. The fraction of sp³-hybridized carbons (Fsp3) is 0.500. The summed E-state index contributed by atoms with van der Waals surface area (Å²) in [6.45, 7) is 7.95. The number of carbonyl (C=O) groups excluding carboxylic acids is 3. The summed E-state index contributed by atoms with van der Waals surface area (Å²) in [6.07, 6.45) is 1.30. The average Bonchev–Trinajstić information content (AvgIpc) is 2.57. The number of nitrogens with one attached hydrogen (secondary N) is 2. The highest BCUT2D eigenvalue weighted by atomic mass is 16.2. The minimum absolute atomic E-state index is 0.182. The van der Waals surface area contributed by atoms with Gasteiger partial charge in [0.2, 0.25) is 5.91 Å². The number of hydrogen-bond acceptors (Lipinski definition) is 3. The molecule has 6 nitrogen and oxygen atoms in total. The van der Waals surface area contributed by atoms with Crippen LogP contribution in [0.25, 0.3) is 0 Å². The fourth-order valence-corrected chi connectivity index (χ4v) is 2.58. The Kier molecular flexibility index (Phi) is 7.95. The molecule has 2 N–H and O–H groups in total. The molecule has 24 heavy (non-hydrogen) atoms. The van der Waals surface area contributed by atoms with Crippen LogP contribution in [0.5, 0.6) is 0 Å². The van der Waals surface area contributed by atoms with E-state index in [9.17, 15) is 14.4 Å². The van der Waals surface area contributed by atoms with Crippen LogP contribution in [0, 0.1) is 5.92 Å². The lowest BCUT2D eigenvalue weighted by atomic mass is 10.0. The Bertz CT molecular complexity index is 556. The lowest BCUT2D eigenvalue weighted by molar-refractivity contribution is -0.124. The Balaban J connectivity index is 2.67. The number of imide groups is 2. The minimum Gasteiger partial charge on any atom is -0.318 e. The Morgan fingerprint density at radius 1 is 1.00 bits per heavy atom. The predicted molar refractivity (Wildman–Crippen MR) is 93.4 cm³/mol. The van der Waals surface area contributed by atoms with E-state index in [1.807, 2.05) is 58.0 Å². The van der Waals surface area contributed by atoms with Gasteiger partial charge in [0.1, 0.15) is 0 Å². The molecule has 5 amide bonds. The van der Waals surface area contributed by atoms with Crippen molar-refractivity contribution in [3.8, 4) is 0 Å². The number of rotatable bonds is 6. The van der Waals surface area contributed by atoms with Crippen LogP contribution in [-0.2, 0) is 4.79 Å². The molecule has 0 radical (unpaired) electrons. The molecule has 0 aromatic heterocycles. The van der Waals surface area contributed by atoms with E-state index in [4.69, 9.17) is 0 Å². The fourth-order valence-electron chi connectivity index (χ4n) is 2.58. The van der Waals surface area contributed by atoms with Crippen molar-refractivity contribution in [2.75, 3.05) is 6.54 Å². The molecule has 1 aromatic carbocycles. The molecule has 0 spiro atoms. The highest BCUT2D eigenvalue weighted by Crippen LogP contribution is 2.19. The van der Waals surface area contributed by atoms with Gasteiger partial charge in [-0.2, -0.15) is 0 Å². The first-order chi connectivity index (χ1) is 11.4. The molecule has 0 aliphatic heterocycles. The summed E-state index contributed by atoms with van der Waals surface area (Å²) in [5.41, 5.74) is 0.975. The van der Waals surface area contributed by atoms with E-state index in [2.05, 4.69) is 10.6 Å². The molecular formula is C18H27N3O3. The van der Waals surface area contributed by atoms with Gasteiger partial charge in [-0.3, -0.25) is 15.4 Å². The van der Waals surface area contributed by atoms with Gasteiger partial charge in [0.25, 0.3) is 0 Å². The van der Waals surface area contributed by atoms with E-state index in [0.717, 1.165) is 5.56 Å². The molecule has 6 heteroatoms. The maximum absolute atomic E-state index is 12.3. The third kappa shape index (κ3) is 5.37. The van der Waals surface area contributed by atoms with E-state index in [-0.39, 0.29) is 17.9 Å². The van der Waals surface area contributed by atoms with E-state index >= 15 is 0 Å². The van der Waals surface area contributed by atoms with Crippen LogP contribution in [0.15, 0.2) is 30.3 Å². The lowest BCUT2D eigenvalue weighted by Gasteiger charge is -2.28. The van der Waals surface area contributed by atoms with Gasteiger partial charge in [0, 0.05) is 12.5 Å². The third-order valence-corrected chi connectivity index (χ3v) is 4.16. The van der Waals surface area contributed by atoms with Crippen LogP contribution in [0.3, 0.4) is 0 Å². The number of amides is 5. The molecule has 0 aliphatic rings. The summed E-state index contributed by atoms with van der Waals surface area (Å²) in [4.78, 5) is 37.7. The second-order valence-corrected chi connectivity index (χ2v) is 5.63. The molecule has 132 valence electrons. The van der Waals surface area contributed by atoms with Gasteiger partial charge in [-0.25, -0.2) is 9.59 Å². The number of urea groups is 2. The van der Waals surface area contributed by atoms with Gasteiger partial charge in [0.05, 0.1) is 6.04 Å². The number of hydrogen-bond donors (Lipinski definition) is 2. The van der Waals surface area contributed by atoms with Crippen LogP contribution in [-0.4, -0.2) is 29.4 Å². The highest BCUT2D eigenvalue weighted by Gasteiger charge is 2.23. The van der Waals surface area contributed by atoms with Crippen molar-refractivity contribution < 1.29 is 14.4 Å². The largest absolute Gasteiger partial charge is 0.329 e. The van der Waals surface area contributed by atoms with Crippen LogP contribution in [0.2, 0.25) is 0 Å². The van der Waals surface area contributed by atoms with Crippen molar-refractivity contribution in [2.45, 2.75) is 46.6 Å². The Hall–Kier alpha value is -2.37. The van der Waals surface area contributed by atoms with Crippen molar-refractivity contribution in [3.63, 3.8) is 0 Å². The Morgan fingerprint density at radius 3 is 2.08 bits per heavy atom. The Morgan fingerprint density at radius 2 is 1.58 bits per heavy atom. The van der Waals surface area contributed by atoms with E-state index < -0.39 is 12.1 Å². The van der Waals surface area contributed by atoms with Crippen molar-refractivity contribution in [1.29, 1.82) is 0 Å². The molecule has 0 saturated heterocycles. The SMILES string of the molecule is CCC(CC)C(=O)NC(=O)NC(=O)N(CC)C(C)c1ccccc1. The standard InChI is InChI=1S/C18H27N3O3/c1-5-14(6-2)16(22)19-17(23)20-18(24)21(7-3)13(4)15-11-9-8-10-12-15/h8-14H,5-7H2,1-4H3,(H2,19,20,22,23,24). The zero-order chi connectivity index (χ0) is 18.1. The zero-order valence-corrected chi connectivity index (χ0v) is 14.8. The lowest BCUT2D eigenvalue weighted by Crippen LogP contribution is -2.50. The van der Waals surface area contributed by atoms with Gasteiger partial charge in [0.15, 0.2) is 0 Å². The molecular weight excluding hydrogens is 306 g/mol. The molecule has 0 fully saturated rings. The summed E-state index contributed by atoms with van der Waals surface area (Å²) in [6, 6.07) is 8.08. The molecule has 1 rings (SSSR count). The molecule has 1 atom stereocenters. The van der Waals surface area contributed by atoms with Crippen molar-refractivity contribution in [2.24, 2.45) is 5.92 Å². The molecule has 0 bridgehead atoms. The van der Waals surface area contributed by atoms with Crippen LogP contribution >= 0.6 is 0 Å². The maximum Gasteiger partial charge on any atom is 0.329 e. The number of nitrogens with zero attached hydrogens (tertiary/aromatic N) is 1. The van der Waals surface area contributed by atoms with E-state index in [1.54, 1.807) is 0 Å². The summed E-state index contributed by atoms with van der Waals surface area (Å²) in [5.74, 6) is -0.583. The smallest absolute Gasteiger partial charge is 0.318 e. The first-order valence-electron chi connectivity index (χ1n) is 8.41. The van der Waals surface area contributed by atoms with Crippen LogP contribution < -0.4 is 10.6 Å². The van der Waals surface area contributed by atoms with Gasteiger partial charge in [-0.15, -0.1) is 0 Å². The van der Waals surface area contributed by atoms with Crippen molar-refractivity contribution in [1.82, 2.24) is 15.5 Å². The molecule has 1 unspecified atom stereocenters. The monoisotopic (exact) mass is 333 g/mol. The van der Waals surface area contributed by atoms with Crippen molar-refractivity contribution >= 4 is 18.0 Å². The van der Waals surface area contributed by atoms with E-state index in [1.165, 1.54) is 4.90 Å². The quantitative estimate of drug-likeness (QED) is 0.837. The Labute approximate surface area is 143 Å². The first kappa shape index (κ1) is 19.7.